The molecule has 0 amide bonds. The Kier molecular flexibility index (Phi) is 4.93. The van der Waals surface area contributed by atoms with Crippen LogP contribution in [0, 0.1) is 10.1 Å². The van der Waals surface area contributed by atoms with Crippen molar-refractivity contribution in [2.24, 2.45) is 0 Å². The van der Waals surface area contributed by atoms with Gasteiger partial charge >= 0.3 is 0 Å². The van der Waals surface area contributed by atoms with Gasteiger partial charge in [0.15, 0.2) is 0 Å². The zero-order chi connectivity index (χ0) is 15.4. The highest BCUT2D eigenvalue weighted by atomic mass is 79.9. The lowest BCUT2D eigenvalue weighted by molar-refractivity contribution is -0.384. The summed E-state index contributed by atoms with van der Waals surface area (Å²) < 4.78 is 6.09. The van der Waals surface area contributed by atoms with E-state index in [9.17, 15) is 15.2 Å². The van der Waals surface area contributed by atoms with Crippen molar-refractivity contribution in [3.05, 3.63) is 68.2 Å². The Morgan fingerprint density at radius 1 is 1.29 bits per heavy atom. The molecule has 0 aliphatic heterocycles. The van der Waals surface area contributed by atoms with Crippen LogP contribution in [0.5, 0.6) is 5.75 Å². The predicted octanol–water partition coefficient (Wildman–Crippen LogP) is 3.64. The Bertz CT molecular complexity index is 643. The lowest BCUT2D eigenvalue weighted by Gasteiger charge is -2.15. The smallest absolute Gasteiger partial charge is 0.269 e. The number of non-ortho nitro benzene ring substituents is 1. The Morgan fingerprint density at radius 2 is 1.95 bits per heavy atom. The monoisotopic (exact) mass is 351 g/mol. The van der Waals surface area contributed by atoms with Crippen LogP contribution in [-0.2, 0) is 6.42 Å². The van der Waals surface area contributed by atoms with Crippen molar-refractivity contribution in [3.8, 4) is 5.75 Å². The Morgan fingerprint density at radius 3 is 2.52 bits per heavy atom. The number of aliphatic hydroxyl groups is 1. The molecule has 0 spiro atoms. The molecule has 6 heteroatoms. The second-order valence-corrected chi connectivity index (χ2v) is 5.45. The molecule has 0 fully saturated rings. The van der Waals surface area contributed by atoms with Crippen LogP contribution in [0.4, 0.5) is 5.69 Å². The molecule has 2 aromatic carbocycles. The van der Waals surface area contributed by atoms with Gasteiger partial charge < -0.3 is 9.84 Å². The van der Waals surface area contributed by atoms with Crippen LogP contribution < -0.4 is 4.74 Å². The van der Waals surface area contributed by atoms with Gasteiger partial charge in [0.2, 0.25) is 0 Å². The summed E-state index contributed by atoms with van der Waals surface area (Å²) in [5.41, 5.74) is 1.52. The number of nitrogens with zero attached hydrogens (tertiary/aromatic N) is 1. The summed E-state index contributed by atoms with van der Waals surface area (Å²) in [6, 6.07) is 11.6. The van der Waals surface area contributed by atoms with Gasteiger partial charge in [-0.2, -0.15) is 0 Å². The molecule has 2 aromatic rings. The first-order valence-corrected chi connectivity index (χ1v) is 7.05. The van der Waals surface area contributed by atoms with Crippen molar-refractivity contribution in [1.29, 1.82) is 0 Å². The van der Waals surface area contributed by atoms with Gasteiger partial charge in [0, 0.05) is 28.6 Å². The van der Waals surface area contributed by atoms with Gasteiger partial charge in [-0.15, -0.1) is 0 Å². The molecule has 2 rings (SSSR count). The number of aliphatic hydroxyl groups excluding tert-OH is 1. The van der Waals surface area contributed by atoms with E-state index < -0.39 is 11.0 Å². The molecule has 1 atom stereocenters. The van der Waals surface area contributed by atoms with Crippen LogP contribution in [0.3, 0.4) is 0 Å². The molecule has 5 nitrogen and oxygen atoms in total. The molecule has 0 aliphatic rings. The number of hydrogen-bond donors (Lipinski definition) is 1. The van der Waals surface area contributed by atoms with E-state index in [1.54, 1.807) is 31.4 Å². The SMILES string of the molecule is COc1ccc(Br)cc1C(O)Cc1ccc([N+](=O)[O-])cc1. The standard InChI is InChI=1S/C15H14BrNO4/c1-21-15-7-4-11(16)9-13(15)14(18)8-10-2-5-12(6-3-10)17(19)20/h2-7,9,14,18H,8H2,1H3. The first kappa shape index (κ1) is 15.5. The van der Waals surface area contributed by atoms with Crippen LogP contribution in [0.1, 0.15) is 17.2 Å². The zero-order valence-corrected chi connectivity index (χ0v) is 12.9. The number of methoxy groups -OCH3 is 1. The van der Waals surface area contributed by atoms with Gasteiger partial charge in [0.05, 0.1) is 18.1 Å². The third-order valence-electron chi connectivity index (χ3n) is 3.13. The van der Waals surface area contributed by atoms with Crippen molar-refractivity contribution in [2.45, 2.75) is 12.5 Å². The van der Waals surface area contributed by atoms with Gasteiger partial charge in [0.25, 0.3) is 5.69 Å². The van der Waals surface area contributed by atoms with E-state index in [2.05, 4.69) is 15.9 Å². The molecule has 0 saturated carbocycles. The van der Waals surface area contributed by atoms with E-state index in [1.165, 1.54) is 12.1 Å². The van der Waals surface area contributed by atoms with Gasteiger partial charge in [0.1, 0.15) is 5.75 Å². The lowest BCUT2D eigenvalue weighted by atomic mass is 10.0. The number of nitro benzene ring substituents is 1. The predicted molar refractivity (Wildman–Crippen MR) is 82.5 cm³/mol. The molecular formula is C15H14BrNO4. The normalized spacial score (nSPS) is 12.0. The summed E-state index contributed by atoms with van der Waals surface area (Å²) in [7, 11) is 1.55. The second kappa shape index (κ2) is 6.69. The molecule has 21 heavy (non-hydrogen) atoms. The number of rotatable bonds is 5. The molecule has 0 saturated heterocycles. The van der Waals surface area contributed by atoms with Crippen molar-refractivity contribution >= 4 is 21.6 Å². The first-order chi connectivity index (χ1) is 10.0. The fourth-order valence-corrected chi connectivity index (χ4v) is 2.43. The summed E-state index contributed by atoms with van der Waals surface area (Å²) in [6.07, 6.45) is -0.399. The fraction of sp³-hybridized carbons (Fsp3) is 0.200. The number of hydrogen-bond acceptors (Lipinski definition) is 4. The Hall–Kier alpha value is -1.92. The minimum Gasteiger partial charge on any atom is -0.496 e. The third kappa shape index (κ3) is 3.80. The summed E-state index contributed by atoms with van der Waals surface area (Å²) >= 11 is 3.36. The molecule has 0 heterocycles. The van der Waals surface area contributed by atoms with Crippen molar-refractivity contribution in [1.82, 2.24) is 0 Å². The van der Waals surface area contributed by atoms with Gasteiger partial charge in [-0.25, -0.2) is 0 Å². The van der Waals surface area contributed by atoms with Crippen LogP contribution >= 0.6 is 15.9 Å². The minimum absolute atomic E-state index is 0.0354. The minimum atomic E-state index is -0.751. The van der Waals surface area contributed by atoms with E-state index in [0.29, 0.717) is 17.7 Å². The molecule has 0 aliphatic carbocycles. The Balaban J connectivity index is 2.19. The molecule has 1 N–H and O–H groups in total. The average Bonchev–Trinajstić information content (AvgIpc) is 2.47. The van der Waals surface area contributed by atoms with Crippen LogP contribution in [0.25, 0.3) is 0 Å². The van der Waals surface area contributed by atoms with Crippen molar-refractivity contribution in [3.63, 3.8) is 0 Å². The van der Waals surface area contributed by atoms with Crippen LogP contribution in [0.15, 0.2) is 46.9 Å². The van der Waals surface area contributed by atoms with Crippen LogP contribution in [0.2, 0.25) is 0 Å². The lowest BCUT2D eigenvalue weighted by Crippen LogP contribution is -2.04. The van der Waals surface area contributed by atoms with Crippen LogP contribution in [-0.4, -0.2) is 17.1 Å². The maximum absolute atomic E-state index is 10.6. The molecule has 0 bridgehead atoms. The zero-order valence-electron chi connectivity index (χ0n) is 11.3. The summed E-state index contributed by atoms with van der Waals surface area (Å²) in [5, 5.41) is 21.0. The van der Waals surface area contributed by atoms with E-state index in [-0.39, 0.29) is 5.69 Å². The Labute approximate surface area is 130 Å². The highest BCUT2D eigenvalue weighted by Crippen LogP contribution is 2.30. The third-order valence-corrected chi connectivity index (χ3v) is 3.62. The molecule has 0 radical (unpaired) electrons. The van der Waals surface area contributed by atoms with Gasteiger partial charge in [-0.3, -0.25) is 10.1 Å². The first-order valence-electron chi connectivity index (χ1n) is 6.26. The highest BCUT2D eigenvalue weighted by molar-refractivity contribution is 9.10. The second-order valence-electron chi connectivity index (χ2n) is 4.53. The van der Waals surface area contributed by atoms with E-state index >= 15 is 0 Å². The van der Waals surface area contributed by atoms with Gasteiger partial charge in [-0.1, -0.05) is 28.1 Å². The number of halogens is 1. The van der Waals surface area contributed by atoms with Crippen molar-refractivity contribution in [2.75, 3.05) is 7.11 Å². The topological polar surface area (TPSA) is 72.6 Å². The van der Waals surface area contributed by atoms with E-state index in [0.717, 1.165) is 10.0 Å². The number of ether oxygens (including phenoxy) is 1. The maximum atomic E-state index is 10.6. The highest BCUT2D eigenvalue weighted by Gasteiger charge is 2.15. The summed E-state index contributed by atoms with van der Waals surface area (Å²) in [5.74, 6) is 0.604. The van der Waals surface area contributed by atoms with Crippen molar-refractivity contribution < 1.29 is 14.8 Å². The van der Waals surface area contributed by atoms with E-state index in [1.807, 2.05) is 6.07 Å². The maximum Gasteiger partial charge on any atom is 0.269 e. The number of benzene rings is 2. The van der Waals surface area contributed by atoms with E-state index in [4.69, 9.17) is 4.74 Å². The number of nitro groups is 1. The molecular weight excluding hydrogens is 338 g/mol. The molecule has 1 unspecified atom stereocenters. The summed E-state index contributed by atoms with van der Waals surface area (Å²) in [6.45, 7) is 0. The largest absolute Gasteiger partial charge is 0.496 e. The molecule has 0 aromatic heterocycles. The van der Waals surface area contributed by atoms with Gasteiger partial charge in [-0.05, 0) is 23.8 Å². The summed E-state index contributed by atoms with van der Waals surface area (Å²) in [4.78, 5) is 10.2. The fourth-order valence-electron chi connectivity index (χ4n) is 2.05. The quantitative estimate of drug-likeness (QED) is 0.659. The molecule has 110 valence electrons. The average molecular weight is 352 g/mol.